The van der Waals surface area contributed by atoms with Crippen LogP contribution in [0.1, 0.15) is 10.4 Å². The van der Waals surface area contributed by atoms with Crippen LogP contribution in [0.5, 0.6) is 11.5 Å². The van der Waals surface area contributed by atoms with E-state index in [1.165, 1.54) is 7.11 Å². The van der Waals surface area contributed by atoms with E-state index in [0.29, 0.717) is 28.2 Å². The number of methoxy groups -OCH3 is 1. The van der Waals surface area contributed by atoms with Crippen molar-refractivity contribution < 1.29 is 14.6 Å². The van der Waals surface area contributed by atoms with Gasteiger partial charge in [0.1, 0.15) is 11.5 Å². The van der Waals surface area contributed by atoms with Crippen molar-refractivity contribution in [2.45, 2.75) is 0 Å². The Bertz CT molecular complexity index is 594. The molecule has 92 valence electrons. The molecule has 0 bridgehead atoms. The number of aromatic hydroxyl groups is 1. The van der Waals surface area contributed by atoms with Gasteiger partial charge in [-0.25, -0.2) is 0 Å². The summed E-state index contributed by atoms with van der Waals surface area (Å²) in [4.78, 5) is 10.8. The van der Waals surface area contributed by atoms with Gasteiger partial charge in [0, 0.05) is 16.1 Å². The number of aldehydes is 1. The largest absolute Gasteiger partial charge is 0.507 e. The van der Waals surface area contributed by atoms with Gasteiger partial charge < -0.3 is 9.84 Å². The van der Waals surface area contributed by atoms with Crippen LogP contribution in [-0.4, -0.2) is 18.5 Å². The summed E-state index contributed by atoms with van der Waals surface area (Å²) in [6.07, 6.45) is 0.612. The van der Waals surface area contributed by atoms with Gasteiger partial charge in [-0.05, 0) is 24.3 Å². The lowest BCUT2D eigenvalue weighted by Crippen LogP contribution is -1.90. The molecule has 0 atom stereocenters. The second-order valence-corrected chi connectivity index (χ2v) is 4.14. The van der Waals surface area contributed by atoms with Crippen LogP contribution in [0.3, 0.4) is 0 Å². The first-order valence-electron chi connectivity index (χ1n) is 5.28. The van der Waals surface area contributed by atoms with Gasteiger partial charge in [0.05, 0.1) is 12.7 Å². The molecule has 0 heterocycles. The fourth-order valence-electron chi connectivity index (χ4n) is 1.76. The predicted molar refractivity (Wildman–Crippen MR) is 70.5 cm³/mol. The molecule has 0 radical (unpaired) electrons. The highest BCUT2D eigenvalue weighted by Crippen LogP contribution is 2.38. The molecule has 2 rings (SSSR count). The number of halogens is 1. The van der Waals surface area contributed by atoms with Crippen LogP contribution in [0.2, 0.25) is 5.02 Å². The Morgan fingerprint density at radius 2 is 2.00 bits per heavy atom. The van der Waals surface area contributed by atoms with E-state index in [0.717, 1.165) is 0 Å². The van der Waals surface area contributed by atoms with E-state index >= 15 is 0 Å². The number of carbonyl (C=O) groups excluding carboxylic acids is 1. The molecule has 0 saturated carbocycles. The third-order valence-corrected chi connectivity index (χ3v) is 2.88. The van der Waals surface area contributed by atoms with Crippen LogP contribution in [0, 0.1) is 0 Å². The maximum Gasteiger partial charge on any atom is 0.153 e. The Morgan fingerprint density at radius 3 is 2.67 bits per heavy atom. The maximum atomic E-state index is 10.8. The van der Waals surface area contributed by atoms with Crippen LogP contribution in [0.15, 0.2) is 36.4 Å². The van der Waals surface area contributed by atoms with Gasteiger partial charge in [-0.3, -0.25) is 4.79 Å². The fourth-order valence-corrected chi connectivity index (χ4v) is 1.92. The molecule has 0 spiro atoms. The first kappa shape index (κ1) is 12.5. The number of para-hydroxylation sites is 1. The zero-order valence-corrected chi connectivity index (χ0v) is 10.4. The third kappa shape index (κ3) is 2.17. The molecule has 0 amide bonds. The van der Waals surface area contributed by atoms with Gasteiger partial charge in [-0.15, -0.1) is 0 Å². The first-order chi connectivity index (χ1) is 8.67. The van der Waals surface area contributed by atoms with E-state index in [9.17, 15) is 9.90 Å². The normalized spacial score (nSPS) is 10.1. The zero-order chi connectivity index (χ0) is 13.1. The third-order valence-electron chi connectivity index (χ3n) is 2.65. The fraction of sp³-hybridized carbons (Fsp3) is 0.0714. The van der Waals surface area contributed by atoms with Gasteiger partial charge >= 0.3 is 0 Å². The zero-order valence-electron chi connectivity index (χ0n) is 9.68. The average Bonchev–Trinajstić information content (AvgIpc) is 2.39. The van der Waals surface area contributed by atoms with Crippen molar-refractivity contribution in [1.82, 2.24) is 0 Å². The van der Waals surface area contributed by atoms with Gasteiger partial charge in [0.2, 0.25) is 0 Å². The minimum Gasteiger partial charge on any atom is -0.507 e. The molecule has 0 aromatic heterocycles. The first-order valence-corrected chi connectivity index (χ1v) is 5.66. The quantitative estimate of drug-likeness (QED) is 0.861. The molecule has 0 fully saturated rings. The number of benzene rings is 2. The number of rotatable bonds is 3. The van der Waals surface area contributed by atoms with Crippen molar-refractivity contribution >= 4 is 17.9 Å². The van der Waals surface area contributed by atoms with Crippen LogP contribution in [0.25, 0.3) is 11.1 Å². The average molecular weight is 263 g/mol. The van der Waals surface area contributed by atoms with Crippen molar-refractivity contribution in [3.63, 3.8) is 0 Å². The lowest BCUT2D eigenvalue weighted by Gasteiger charge is -2.11. The van der Waals surface area contributed by atoms with Crippen molar-refractivity contribution in [3.05, 3.63) is 47.0 Å². The highest BCUT2D eigenvalue weighted by Gasteiger charge is 2.12. The predicted octanol–water partition coefficient (Wildman–Crippen LogP) is 3.53. The lowest BCUT2D eigenvalue weighted by atomic mass is 10.0. The standard InChI is InChI=1S/C14H11ClO3/c1-18-13-7-10(15)5-6-11(13)12-4-2-3-9(8-16)14(12)17/h2-8,17H,1H3. The molecule has 2 aromatic carbocycles. The van der Waals surface area contributed by atoms with E-state index in [-0.39, 0.29) is 11.3 Å². The minimum atomic E-state index is -0.0619. The van der Waals surface area contributed by atoms with E-state index in [1.54, 1.807) is 36.4 Å². The number of ether oxygens (including phenoxy) is 1. The molecule has 2 aromatic rings. The summed E-state index contributed by atoms with van der Waals surface area (Å²) >= 11 is 5.88. The summed E-state index contributed by atoms with van der Waals surface area (Å²) in [5, 5.41) is 10.6. The number of hydrogen-bond donors (Lipinski definition) is 1. The number of carbonyl (C=O) groups is 1. The molecule has 4 heteroatoms. The Hall–Kier alpha value is -2.00. The molecular weight excluding hydrogens is 252 g/mol. The molecule has 0 aliphatic carbocycles. The lowest BCUT2D eigenvalue weighted by molar-refractivity contribution is 0.112. The van der Waals surface area contributed by atoms with Crippen LogP contribution in [-0.2, 0) is 0 Å². The molecule has 3 nitrogen and oxygen atoms in total. The van der Waals surface area contributed by atoms with Crippen molar-refractivity contribution in [3.8, 4) is 22.6 Å². The van der Waals surface area contributed by atoms with Crippen LogP contribution >= 0.6 is 11.6 Å². The molecular formula is C14H11ClO3. The van der Waals surface area contributed by atoms with Crippen molar-refractivity contribution in [2.24, 2.45) is 0 Å². The Morgan fingerprint density at radius 1 is 1.22 bits per heavy atom. The summed E-state index contributed by atoms with van der Waals surface area (Å²) in [6.45, 7) is 0. The molecule has 1 N–H and O–H groups in total. The van der Waals surface area contributed by atoms with E-state index in [2.05, 4.69) is 0 Å². The summed E-state index contributed by atoms with van der Waals surface area (Å²) < 4.78 is 5.23. The van der Waals surface area contributed by atoms with Gasteiger partial charge in [0.25, 0.3) is 0 Å². The number of phenolic OH excluding ortho intramolecular Hbond substituents is 1. The summed E-state index contributed by atoms with van der Waals surface area (Å²) in [5.74, 6) is 0.481. The highest BCUT2D eigenvalue weighted by atomic mass is 35.5. The monoisotopic (exact) mass is 262 g/mol. The second kappa shape index (κ2) is 5.10. The summed E-state index contributed by atoms with van der Waals surface area (Å²) in [6, 6.07) is 10.1. The summed E-state index contributed by atoms with van der Waals surface area (Å²) in [7, 11) is 1.52. The van der Waals surface area contributed by atoms with E-state index in [4.69, 9.17) is 16.3 Å². The van der Waals surface area contributed by atoms with E-state index < -0.39 is 0 Å². The Kier molecular flexibility index (Phi) is 3.53. The smallest absolute Gasteiger partial charge is 0.153 e. The van der Waals surface area contributed by atoms with Crippen molar-refractivity contribution in [1.29, 1.82) is 0 Å². The molecule has 0 aliphatic heterocycles. The Balaban J connectivity index is 2.65. The molecule has 0 aliphatic rings. The number of hydrogen-bond acceptors (Lipinski definition) is 3. The molecule has 0 unspecified atom stereocenters. The second-order valence-electron chi connectivity index (χ2n) is 3.71. The molecule has 18 heavy (non-hydrogen) atoms. The van der Waals surface area contributed by atoms with Crippen molar-refractivity contribution in [2.75, 3.05) is 7.11 Å². The number of phenols is 1. The minimum absolute atomic E-state index is 0.0619. The highest BCUT2D eigenvalue weighted by molar-refractivity contribution is 6.30. The van der Waals surface area contributed by atoms with Crippen LogP contribution < -0.4 is 4.74 Å². The summed E-state index contributed by atoms with van der Waals surface area (Å²) in [5.41, 5.74) is 1.46. The van der Waals surface area contributed by atoms with Gasteiger partial charge in [-0.2, -0.15) is 0 Å². The van der Waals surface area contributed by atoms with E-state index in [1.807, 2.05) is 0 Å². The Labute approximate surface area is 110 Å². The van der Waals surface area contributed by atoms with Gasteiger partial charge in [-0.1, -0.05) is 23.7 Å². The SMILES string of the molecule is COc1cc(Cl)ccc1-c1cccc(C=O)c1O. The topological polar surface area (TPSA) is 46.5 Å². The van der Waals surface area contributed by atoms with Gasteiger partial charge in [0.15, 0.2) is 6.29 Å². The van der Waals surface area contributed by atoms with Crippen LogP contribution in [0.4, 0.5) is 0 Å². The molecule has 0 saturated heterocycles. The maximum absolute atomic E-state index is 10.8.